The van der Waals surface area contributed by atoms with Crippen molar-refractivity contribution in [3.05, 3.63) is 35.6 Å². The fourth-order valence-electron chi connectivity index (χ4n) is 3.33. The van der Waals surface area contributed by atoms with Gasteiger partial charge < -0.3 is 4.74 Å². The van der Waals surface area contributed by atoms with E-state index in [4.69, 9.17) is 4.74 Å². The molecule has 1 aromatic carbocycles. The van der Waals surface area contributed by atoms with Crippen molar-refractivity contribution in [1.29, 1.82) is 0 Å². The molecule has 23 heavy (non-hydrogen) atoms. The van der Waals surface area contributed by atoms with Gasteiger partial charge in [0.1, 0.15) is 11.4 Å². The highest BCUT2D eigenvalue weighted by Gasteiger charge is 2.41. The minimum atomic E-state index is -0.535. The molecule has 0 aromatic heterocycles. The zero-order valence-corrected chi connectivity index (χ0v) is 14.9. The first-order chi connectivity index (χ1) is 10.6. The zero-order valence-electron chi connectivity index (χ0n) is 14.9. The Morgan fingerprint density at radius 2 is 2.00 bits per heavy atom. The Hall–Kier alpha value is -1.58. The summed E-state index contributed by atoms with van der Waals surface area (Å²) in [4.78, 5) is 14.6. The molecule has 0 radical (unpaired) electrons. The summed E-state index contributed by atoms with van der Waals surface area (Å²) in [5.41, 5.74) is -0.160. The molecular formula is C19H28FNO2. The van der Waals surface area contributed by atoms with Crippen molar-refractivity contribution in [2.75, 3.05) is 0 Å². The van der Waals surface area contributed by atoms with E-state index in [9.17, 15) is 9.18 Å². The summed E-state index contributed by atoms with van der Waals surface area (Å²) >= 11 is 0. The van der Waals surface area contributed by atoms with Crippen LogP contribution in [0.3, 0.4) is 0 Å². The Kier molecular flexibility index (Phi) is 5.02. The third kappa shape index (κ3) is 4.46. The van der Waals surface area contributed by atoms with E-state index in [0.29, 0.717) is 12.0 Å². The number of carbonyl (C=O) groups excluding carboxylic acids is 1. The van der Waals surface area contributed by atoms with E-state index >= 15 is 0 Å². The summed E-state index contributed by atoms with van der Waals surface area (Å²) < 4.78 is 19.6. The highest BCUT2D eigenvalue weighted by molar-refractivity contribution is 5.70. The van der Waals surface area contributed by atoms with Crippen LogP contribution in [0.5, 0.6) is 0 Å². The molecule has 1 heterocycles. The van der Waals surface area contributed by atoms with Crippen LogP contribution in [0.15, 0.2) is 24.3 Å². The molecule has 1 unspecified atom stereocenters. The van der Waals surface area contributed by atoms with Crippen molar-refractivity contribution in [2.45, 2.75) is 77.5 Å². The molecule has 2 rings (SSSR count). The predicted molar refractivity (Wildman–Crippen MR) is 89.9 cm³/mol. The van der Waals surface area contributed by atoms with Crippen LogP contribution in [0.25, 0.3) is 0 Å². The number of rotatable bonds is 2. The van der Waals surface area contributed by atoms with Gasteiger partial charge in [-0.05, 0) is 71.9 Å². The van der Waals surface area contributed by atoms with Gasteiger partial charge in [0, 0.05) is 11.6 Å². The quantitative estimate of drug-likeness (QED) is 0.772. The summed E-state index contributed by atoms with van der Waals surface area (Å²) in [7, 11) is 0. The molecular weight excluding hydrogens is 293 g/mol. The summed E-state index contributed by atoms with van der Waals surface area (Å²) in [6.45, 7) is 9.73. The Balaban J connectivity index is 2.25. The van der Waals surface area contributed by atoms with Gasteiger partial charge in [-0.2, -0.15) is 0 Å². The molecule has 1 aromatic rings. The Labute approximate surface area is 138 Å². The molecule has 0 aliphatic carbocycles. The maximum atomic E-state index is 14.0. The first-order valence-corrected chi connectivity index (χ1v) is 8.36. The van der Waals surface area contributed by atoms with Crippen LogP contribution in [0.2, 0.25) is 0 Å². The third-order valence-corrected chi connectivity index (χ3v) is 4.35. The Bertz CT molecular complexity index is 563. The zero-order chi connectivity index (χ0) is 17.3. The molecule has 1 amide bonds. The molecule has 0 bridgehead atoms. The van der Waals surface area contributed by atoms with Crippen LogP contribution < -0.4 is 0 Å². The van der Waals surface area contributed by atoms with Crippen LogP contribution in [0, 0.1) is 5.82 Å². The molecule has 0 spiro atoms. The second-order valence-corrected chi connectivity index (χ2v) is 8.00. The van der Waals surface area contributed by atoms with Gasteiger partial charge in [0.15, 0.2) is 0 Å². The normalized spacial score (nSPS) is 21.1. The minimum Gasteiger partial charge on any atom is -0.444 e. The number of amides is 1. The highest BCUT2D eigenvalue weighted by Crippen LogP contribution is 2.34. The predicted octanol–water partition coefficient (Wildman–Crippen LogP) is 4.94. The van der Waals surface area contributed by atoms with Gasteiger partial charge in [0.2, 0.25) is 0 Å². The van der Waals surface area contributed by atoms with E-state index in [1.54, 1.807) is 12.1 Å². The molecule has 1 aliphatic rings. The largest absolute Gasteiger partial charge is 0.444 e. The second kappa shape index (κ2) is 6.50. The SMILES string of the molecule is CC(C)(C)OC(=O)N1C(Cc2ccccc2F)CCCC1(C)C. The lowest BCUT2D eigenvalue weighted by Crippen LogP contribution is -2.57. The molecule has 4 heteroatoms. The van der Waals surface area contributed by atoms with Crippen molar-refractivity contribution >= 4 is 6.09 Å². The number of nitrogens with zero attached hydrogens (tertiary/aromatic N) is 1. The van der Waals surface area contributed by atoms with Gasteiger partial charge in [-0.15, -0.1) is 0 Å². The highest BCUT2D eigenvalue weighted by atomic mass is 19.1. The van der Waals surface area contributed by atoms with E-state index in [0.717, 1.165) is 19.3 Å². The van der Waals surface area contributed by atoms with E-state index in [1.807, 2.05) is 31.7 Å². The lowest BCUT2D eigenvalue weighted by atomic mass is 9.84. The first kappa shape index (κ1) is 17.8. The fourth-order valence-corrected chi connectivity index (χ4v) is 3.33. The summed E-state index contributed by atoms with van der Waals surface area (Å²) in [5, 5.41) is 0. The third-order valence-electron chi connectivity index (χ3n) is 4.35. The fraction of sp³-hybridized carbons (Fsp3) is 0.632. The molecule has 128 valence electrons. The number of hydrogen-bond donors (Lipinski definition) is 0. The lowest BCUT2D eigenvalue weighted by Gasteiger charge is -2.48. The van der Waals surface area contributed by atoms with Crippen LogP contribution in [-0.4, -0.2) is 28.2 Å². The van der Waals surface area contributed by atoms with Gasteiger partial charge in [-0.1, -0.05) is 18.2 Å². The number of piperidine rings is 1. The number of halogens is 1. The van der Waals surface area contributed by atoms with Crippen LogP contribution >= 0.6 is 0 Å². The van der Waals surface area contributed by atoms with E-state index in [-0.39, 0.29) is 23.5 Å². The number of benzene rings is 1. The topological polar surface area (TPSA) is 29.5 Å². The Morgan fingerprint density at radius 1 is 1.35 bits per heavy atom. The van der Waals surface area contributed by atoms with Crippen molar-refractivity contribution in [3.63, 3.8) is 0 Å². The summed E-state index contributed by atoms with van der Waals surface area (Å²) in [6, 6.07) is 6.76. The van der Waals surface area contributed by atoms with Crippen molar-refractivity contribution in [1.82, 2.24) is 4.90 Å². The monoisotopic (exact) mass is 321 g/mol. The Morgan fingerprint density at radius 3 is 2.61 bits per heavy atom. The second-order valence-electron chi connectivity index (χ2n) is 8.00. The number of hydrogen-bond acceptors (Lipinski definition) is 2. The van der Waals surface area contributed by atoms with Crippen molar-refractivity contribution in [3.8, 4) is 0 Å². The van der Waals surface area contributed by atoms with Gasteiger partial charge in [0.25, 0.3) is 0 Å². The van der Waals surface area contributed by atoms with Gasteiger partial charge >= 0.3 is 6.09 Å². The van der Waals surface area contributed by atoms with E-state index < -0.39 is 5.60 Å². The minimum absolute atomic E-state index is 0.0366. The summed E-state index contributed by atoms with van der Waals surface area (Å²) in [6.07, 6.45) is 3.06. The number of likely N-dealkylation sites (tertiary alicyclic amines) is 1. The van der Waals surface area contributed by atoms with Crippen LogP contribution in [-0.2, 0) is 11.2 Å². The number of ether oxygens (including phenoxy) is 1. The molecule has 1 saturated heterocycles. The molecule has 1 aliphatic heterocycles. The average Bonchev–Trinajstić information content (AvgIpc) is 2.38. The van der Waals surface area contributed by atoms with Gasteiger partial charge in [0.05, 0.1) is 0 Å². The van der Waals surface area contributed by atoms with Crippen molar-refractivity contribution in [2.24, 2.45) is 0 Å². The molecule has 1 fully saturated rings. The molecule has 1 atom stereocenters. The van der Waals surface area contributed by atoms with Gasteiger partial charge in [-0.25, -0.2) is 9.18 Å². The van der Waals surface area contributed by atoms with Crippen molar-refractivity contribution < 1.29 is 13.9 Å². The average molecular weight is 321 g/mol. The molecule has 0 N–H and O–H groups in total. The summed E-state index contributed by atoms with van der Waals surface area (Å²) in [5.74, 6) is -0.208. The van der Waals surface area contributed by atoms with Gasteiger partial charge in [-0.3, -0.25) is 4.90 Å². The van der Waals surface area contributed by atoms with E-state index in [2.05, 4.69) is 13.8 Å². The standard InChI is InChI=1S/C19H28FNO2/c1-18(2,3)23-17(22)21-15(10-8-12-19(21,4)5)13-14-9-6-7-11-16(14)20/h6-7,9,11,15H,8,10,12-13H2,1-5H3. The lowest BCUT2D eigenvalue weighted by molar-refractivity contribution is -0.0261. The maximum absolute atomic E-state index is 14.0. The number of carbonyl (C=O) groups is 1. The molecule has 3 nitrogen and oxygen atoms in total. The maximum Gasteiger partial charge on any atom is 0.410 e. The van der Waals surface area contributed by atoms with E-state index in [1.165, 1.54) is 6.07 Å². The van der Waals surface area contributed by atoms with Crippen LogP contribution in [0.4, 0.5) is 9.18 Å². The molecule has 0 saturated carbocycles. The van der Waals surface area contributed by atoms with Crippen LogP contribution in [0.1, 0.15) is 59.4 Å². The smallest absolute Gasteiger partial charge is 0.410 e. The first-order valence-electron chi connectivity index (χ1n) is 8.36.